The number of benzene rings is 3. The van der Waals surface area contributed by atoms with Gasteiger partial charge in [0, 0.05) is 25.3 Å². The molecule has 3 aromatic carbocycles. The third kappa shape index (κ3) is 5.23. The zero-order valence-corrected chi connectivity index (χ0v) is 23.6. The van der Waals surface area contributed by atoms with E-state index in [0.717, 1.165) is 44.8 Å². The summed E-state index contributed by atoms with van der Waals surface area (Å²) in [6, 6.07) is 25.6. The number of morpholine rings is 1. The molecule has 3 amide bonds. The molecule has 5 aromatic rings. The summed E-state index contributed by atoms with van der Waals surface area (Å²) in [4.78, 5) is 40.6. The van der Waals surface area contributed by atoms with Crippen molar-refractivity contribution in [3.63, 3.8) is 0 Å². The number of anilines is 4. The van der Waals surface area contributed by atoms with Gasteiger partial charge in [0.05, 0.1) is 30.0 Å². The maximum atomic E-state index is 13.4. The molecule has 2 N–H and O–H groups in total. The van der Waals surface area contributed by atoms with Crippen LogP contribution >= 0.6 is 11.3 Å². The molecule has 0 atom stereocenters. The topological polar surface area (TPSA) is 99.7 Å². The Kier molecular flexibility index (Phi) is 7.08. The largest absolute Gasteiger partial charge is 0.379 e. The number of rotatable bonds is 7. The van der Waals surface area contributed by atoms with Gasteiger partial charge >= 0.3 is 6.03 Å². The Balaban J connectivity index is 1.11. The molecular formula is C32H28N6O3S. The molecule has 7 rings (SSSR count). The van der Waals surface area contributed by atoms with E-state index >= 15 is 0 Å². The zero-order valence-electron chi connectivity index (χ0n) is 22.7. The molecule has 1 saturated heterocycles. The first kappa shape index (κ1) is 26.3. The van der Waals surface area contributed by atoms with Crippen LogP contribution in [0.3, 0.4) is 0 Å². The maximum Gasteiger partial charge on any atom is 0.332 e. The highest BCUT2D eigenvalue weighted by molar-refractivity contribution is 7.21. The molecule has 0 unspecified atom stereocenters. The van der Waals surface area contributed by atoms with Crippen LogP contribution in [-0.2, 0) is 17.7 Å². The smallest absolute Gasteiger partial charge is 0.332 e. The first-order valence-electron chi connectivity index (χ1n) is 13.8. The molecule has 0 aliphatic carbocycles. The van der Waals surface area contributed by atoms with Gasteiger partial charge in [0.15, 0.2) is 5.82 Å². The second-order valence-corrected chi connectivity index (χ2v) is 11.3. The molecule has 2 aliphatic heterocycles. The molecule has 0 spiro atoms. The Morgan fingerprint density at radius 2 is 1.62 bits per heavy atom. The van der Waals surface area contributed by atoms with Crippen molar-refractivity contribution in [1.29, 1.82) is 0 Å². The highest BCUT2D eigenvalue weighted by atomic mass is 32.1. The van der Waals surface area contributed by atoms with Gasteiger partial charge in [0.1, 0.15) is 16.0 Å². The average molecular weight is 577 g/mol. The van der Waals surface area contributed by atoms with Crippen LogP contribution in [0.25, 0.3) is 10.2 Å². The number of urea groups is 1. The molecule has 0 radical (unpaired) electrons. The maximum absolute atomic E-state index is 13.4. The fourth-order valence-corrected chi connectivity index (χ4v) is 6.35. The molecule has 0 saturated carbocycles. The van der Waals surface area contributed by atoms with E-state index in [1.807, 2.05) is 66.7 Å². The lowest BCUT2D eigenvalue weighted by molar-refractivity contribution is 0.0342. The summed E-state index contributed by atoms with van der Waals surface area (Å²) < 4.78 is 5.43. The normalized spacial score (nSPS) is 15.0. The van der Waals surface area contributed by atoms with Crippen LogP contribution < -0.4 is 15.5 Å². The average Bonchev–Trinajstić information content (AvgIpc) is 3.39. The van der Waals surface area contributed by atoms with Gasteiger partial charge in [-0.25, -0.2) is 19.7 Å². The molecule has 2 aliphatic rings. The Morgan fingerprint density at radius 3 is 2.38 bits per heavy atom. The van der Waals surface area contributed by atoms with E-state index in [2.05, 4.69) is 37.6 Å². The summed E-state index contributed by atoms with van der Waals surface area (Å²) >= 11 is 1.24. The number of nitrogens with one attached hydrogen (secondary N) is 2. The summed E-state index contributed by atoms with van der Waals surface area (Å²) in [5, 5.41) is 6.57. The quantitative estimate of drug-likeness (QED) is 0.245. The molecule has 9 nitrogen and oxygen atoms in total. The standard InChI is InChI=1S/C32H28N6O3S/c39-30(35-24-10-6-23(7-11-24)19-37-14-16-41-17-15-37)28-27-26-29(33-20-34-31(26)42-28)38(32(40)36-27)25-12-8-22(9-13-25)18-21-4-2-1-3-5-21/h1-13,20H,14-19H2,(H,35,39)(H,36,40). The third-order valence-electron chi connectivity index (χ3n) is 7.49. The first-order valence-corrected chi connectivity index (χ1v) is 14.7. The number of ether oxygens (including phenoxy) is 1. The number of carbonyl (C=O) groups excluding carboxylic acids is 2. The van der Waals surface area contributed by atoms with Gasteiger partial charge in [-0.3, -0.25) is 9.69 Å². The van der Waals surface area contributed by atoms with Crippen LogP contribution in [0.5, 0.6) is 0 Å². The predicted octanol–water partition coefficient (Wildman–Crippen LogP) is 6.05. The minimum atomic E-state index is -0.377. The molecular weight excluding hydrogens is 548 g/mol. The number of nitrogens with zero attached hydrogens (tertiary/aromatic N) is 4. The van der Waals surface area contributed by atoms with Gasteiger partial charge in [-0.05, 0) is 47.4 Å². The fraction of sp³-hybridized carbons (Fsp3) is 0.188. The van der Waals surface area contributed by atoms with E-state index < -0.39 is 0 Å². The van der Waals surface area contributed by atoms with E-state index in [9.17, 15) is 9.59 Å². The van der Waals surface area contributed by atoms with Crippen molar-refractivity contribution in [2.75, 3.05) is 41.8 Å². The minimum absolute atomic E-state index is 0.307. The van der Waals surface area contributed by atoms with Crippen molar-refractivity contribution < 1.29 is 14.3 Å². The summed E-state index contributed by atoms with van der Waals surface area (Å²) in [6.07, 6.45) is 2.23. The first-order chi connectivity index (χ1) is 20.6. The highest BCUT2D eigenvalue weighted by Crippen LogP contribution is 2.44. The van der Waals surface area contributed by atoms with Crippen LogP contribution in [0.1, 0.15) is 26.4 Å². The van der Waals surface area contributed by atoms with Gasteiger partial charge in [-0.2, -0.15) is 0 Å². The van der Waals surface area contributed by atoms with Crippen LogP contribution in [0.2, 0.25) is 0 Å². The number of hydrogen-bond donors (Lipinski definition) is 2. The summed E-state index contributed by atoms with van der Waals surface area (Å²) in [7, 11) is 0. The lowest BCUT2D eigenvalue weighted by Crippen LogP contribution is -2.35. The Hall–Kier alpha value is -4.64. The third-order valence-corrected chi connectivity index (χ3v) is 8.59. The predicted molar refractivity (Wildman–Crippen MR) is 165 cm³/mol. The van der Waals surface area contributed by atoms with E-state index in [1.165, 1.54) is 33.7 Å². The van der Waals surface area contributed by atoms with E-state index in [4.69, 9.17) is 4.74 Å². The van der Waals surface area contributed by atoms with Crippen molar-refractivity contribution in [3.05, 3.63) is 107 Å². The monoisotopic (exact) mass is 576 g/mol. The molecule has 0 bridgehead atoms. The van der Waals surface area contributed by atoms with Crippen molar-refractivity contribution >= 4 is 56.4 Å². The van der Waals surface area contributed by atoms with Gasteiger partial charge in [0.2, 0.25) is 0 Å². The summed E-state index contributed by atoms with van der Waals surface area (Å²) in [6.45, 7) is 4.19. The zero-order chi connectivity index (χ0) is 28.5. The van der Waals surface area contributed by atoms with Crippen LogP contribution in [0.15, 0.2) is 85.2 Å². The number of amides is 3. The van der Waals surface area contributed by atoms with Crippen LogP contribution in [0.4, 0.5) is 27.7 Å². The van der Waals surface area contributed by atoms with Crippen molar-refractivity contribution in [3.8, 4) is 0 Å². The lowest BCUT2D eigenvalue weighted by Gasteiger charge is -2.27. The number of aromatic nitrogens is 2. The molecule has 210 valence electrons. The van der Waals surface area contributed by atoms with Crippen LogP contribution in [0, 0.1) is 0 Å². The van der Waals surface area contributed by atoms with Crippen LogP contribution in [-0.4, -0.2) is 53.1 Å². The van der Waals surface area contributed by atoms with Crippen molar-refractivity contribution in [2.24, 2.45) is 0 Å². The molecule has 10 heteroatoms. The van der Waals surface area contributed by atoms with E-state index in [0.29, 0.717) is 38.0 Å². The summed E-state index contributed by atoms with van der Waals surface area (Å²) in [5.74, 6) is 0.149. The Bertz CT molecular complexity index is 1750. The highest BCUT2D eigenvalue weighted by Gasteiger charge is 2.33. The second kappa shape index (κ2) is 11.3. The number of carbonyl (C=O) groups is 2. The summed E-state index contributed by atoms with van der Waals surface area (Å²) in [5.41, 5.74) is 5.34. The Morgan fingerprint density at radius 1 is 0.905 bits per heavy atom. The van der Waals surface area contributed by atoms with Gasteiger partial charge in [0.25, 0.3) is 5.91 Å². The van der Waals surface area contributed by atoms with E-state index in [-0.39, 0.29) is 11.9 Å². The number of thiophene rings is 1. The van der Waals surface area contributed by atoms with Crippen molar-refractivity contribution in [2.45, 2.75) is 13.0 Å². The molecule has 2 aromatic heterocycles. The minimum Gasteiger partial charge on any atom is -0.379 e. The van der Waals surface area contributed by atoms with E-state index in [1.54, 1.807) is 0 Å². The van der Waals surface area contributed by atoms with Gasteiger partial charge in [-0.1, -0.05) is 54.6 Å². The molecule has 4 heterocycles. The molecule has 42 heavy (non-hydrogen) atoms. The Labute approximate surface area is 246 Å². The molecule has 1 fully saturated rings. The number of hydrogen-bond acceptors (Lipinski definition) is 7. The lowest BCUT2D eigenvalue weighted by atomic mass is 10.0. The van der Waals surface area contributed by atoms with Crippen molar-refractivity contribution in [1.82, 2.24) is 14.9 Å². The second-order valence-electron chi connectivity index (χ2n) is 10.3. The fourth-order valence-electron chi connectivity index (χ4n) is 5.36. The van der Waals surface area contributed by atoms with Gasteiger partial charge < -0.3 is 15.4 Å². The van der Waals surface area contributed by atoms with Gasteiger partial charge in [-0.15, -0.1) is 11.3 Å². The SMILES string of the molecule is O=C(Nc1ccc(CN2CCOCC2)cc1)c1sc2ncnc3c2c1NC(=O)N3c1ccc(Cc2ccccc2)cc1.